The van der Waals surface area contributed by atoms with Crippen molar-refractivity contribution in [2.75, 3.05) is 24.2 Å². The summed E-state index contributed by atoms with van der Waals surface area (Å²) in [7, 11) is 0. The highest BCUT2D eigenvalue weighted by Crippen LogP contribution is 2.23. The first-order chi connectivity index (χ1) is 13.4. The second-order valence-corrected chi connectivity index (χ2v) is 7.50. The fourth-order valence-corrected chi connectivity index (χ4v) is 3.56. The lowest BCUT2D eigenvalue weighted by Gasteiger charge is -2.20. The van der Waals surface area contributed by atoms with Gasteiger partial charge in [0, 0.05) is 30.4 Å². The third-order valence-corrected chi connectivity index (χ3v) is 5.18. The molecule has 0 aliphatic heterocycles. The molecule has 7 nitrogen and oxygen atoms in total. The molecule has 1 aromatic rings. The second kappa shape index (κ2) is 14.3. The summed E-state index contributed by atoms with van der Waals surface area (Å²) in [5.41, 5.74) is 0.849. The fourth-order valence-electron chi connectivity index (χ4n) is 2.98. The molecule has 0 radical (unpaired) electrons. The predicted octanol–water partition coefficient (Wildman–Crippen LogP) is 3.84. The zero-order chi connectivity index (χ0) is 19.0. The molecule has 0 spiro atoms. The predicted molar refractivity (Wildman–Crippen MR) is 111 cm³/mol. The monoisotopic (exact) mass is 390 g/mol. The molecule has 0 unspecified atom stereocenters. The smallest absolute Gasteiger partial charge is 0.209 e. The summed E-state index contributed by atoms with van der Waals surface area (Å²) in [6, 6.07) is 3.66. The Morgan fingerprint density at radius 2 is 2.04 bits per heavy atom. The number of nitriles is 1. The van der Waals surface area contributed by atoms with E-state index < -0.39 is 0 Å². The number of guanidine groups is 1. The quantitative estimate of drug-likeness (QED) is 0.100. The Balaban J connectivity index is 1.47. The van der Waals surface area contributed by atoms with Gasteiger partial charge in [0.2, 0.25) is 5.96 Å². The normalized spacial score (nSPS) is 15.3. The zero-order valence-corrected chi connectivity index (χ0v) is 16.6. The number of pyridine rings is 1. The maximum absolute atomic E-state index is 8.83. The van der Waals surface area contributed by atoms with Crippen LogP contribution in [-0.4, -0.2) is 29.8 Å². The molecule has 0 amide bonds. The first kappa shape index (κ1) is 21.5. The number of unbranched alkanes of at least 4 members (excludes halogenated alkanes) is 2. The van der Waals surface area contributed by atoms with Gasteiger partial charge in [-0.15, -0.1) is 4.89 Å². The molecular weight excluding hydrogens is 360 g/mol. The molecule has 27 heavy (non-hydrogen) atoms. The zero-order valence-electron chi connectivity index (χ0n) is 15.8. The Morgan fingerprint density at radius 1 is 1.22 bits per heavy atom. The number of hydrogen-bond donors (Lipinski definition) is 3. The second-order valence-electron chi connectivity index (χ2n) is 6.64. The van der Waals surface area contributed by atoms with Crippen LogP contribution in [0.15, 0.2) is 29.5 Å². The van der Waals surface area contributed by atoms with Crippen LogP contribution >= 0.6 is 11.9 Å². The highest BCUT2D eigenvalue weighted by Gasteiger charge is 2.13. The summed E-state index contributed by atoms with van der Waals surface area (Å²) in [6.45, 7) is 1.51. The van der Waals surface area contributed by atoms with Crippen molar-refractivity contribution in [2.24, 2.45) is 10.9 Å². The third-order valence-electron chi connectivity index (χ3n) is 4.45. The molecule has 148 valence electrons. The summed E-state index contributed by atoms with van der Waals surface area (Å²) in [5.74, 6) is 2.23. The first-order valence-electron chi connectivity index (χ1n) is 9.73. The van der Waals surface area contributed by atoms with Crippen molar-refractivity contribution in [1.29, 1.82) is 5.26 Å². The number of aromatic nitrogens is 1. The van der Waals surface area contributed by atoms with E-state index in [4.69, 9.17) is 10.1 Å². The van der Waals surface area contributed by atoms with Gasteiger partial charge < -0.3 is 5.32 Å². The van der Waals surface area contributed by atoms with E-state index >= 15 is 0 Å². The molecule has 0 bridgehead atoms. The minimum atomic E-state index is 0.468. The van der Waals surface area contributed by atoms with E-state index in [1.807, 2.05) is 18.3 Å². The van der Waals surface area contributed by atoms with Crippen LogP contribution in [0.3, 0.4) is 0 Å². The molecule has 1 saturated carbocycles. The first-order valence-corrected chi connectivity index (χ1v) is 10.7. The van der Waals surface area contributed by atoms with Crippen LogP contribution in [0, 0.1) is 17.4 Å². The van der Waals surface area contributed by atoms with Crippen LogP contribution < -0.4 is 15.5 Å². The number of anilines is 1. The minimum absolute atomic E-state index is 0.468. The van der Waals surface area contributed by atoms with Crippen molar-refractivity contribution in [2.45, 2.75) is 51.4 Å². The van der Waals surface area contributed by atoms with E-state index in [1.165, 1.54) is 32.1 Å². The summed E-state index contributed by atoms with van der Waals surface area (Å²) >= 11 is 1.63. The largest absolute Gasteiger partial charge is 0.325 e. The molecule has 1 aromatic heterocycles. The summed E-state index contributed by atoms with van der Waals surface area (Å²) in [5, 5.41) is 14.5. The van der Waals surface area contributed by atoms with Crippen LogP contribution in [0.2, 0.25) is 0 Å². The lowest BCUT2D eigenvalue weighted by Crippen LogP contribution is -2.27. The average molecular weight is 391 g/mol. The van der Waals surface area contributed by atoms with Crippen LogP contribution in [0.4, 0.5) is 5.69 Å². The number of rotatable bonds is 11. The molecule has 1 aliphatic carbocycles. The highest BCUT2D eigenvalue weighted by atomic mass is 32.2. The lowest BCUT2D eigenvalue weighted by atomic mass is 9.90. The molecule has 1 aliphatic rings. The maximum atomic E-state index is 8.83. The minimum Gasteiger partial charge on any atom is -0.325 e. The maximum Gasteiger partial charge on any atom is 0.209 e. The number of aliphatic imine (C=N–C) groups is 1. The van der Waals surface area contributed by atoms with Crippen molar-refractivity contribution >= 4 is 23.6 Å². The van der Waals surface area contributed by atoms with Crippen molar-refractivity contribution in [1.82, 2.24) is 15.2 Å². The number of hydrogen-bond acceptors (Lipinski definition) is 6. The van der Waals surface area contributed by atoms with Gasteiger partial charge in [-0.2, -0.15) is 5.26 Å². The van der Waals surface area contributed by atoms with E-state index in [-0.39, 0.29) is 0 Å². The van der Waals surface area contributed by atoms with Gasteiger partial charge in [-0.1, -0.05) is 37.6 Å². The van der Waals surface area contributed by atoms with Crippen LogP contribution in [0.25, 0.3) is 0 Å². The summed E-state index contributed by atoms with van der Waals surface area (Å²) in [6.07, 6.45) is 15.2. The topological polar surface area (TPSA) is 94.4 Å². The van der Waals surface area contributed by atoms with Gasteiger partial charge in [-0.25, -0.2) is 0 Å². The van der Waals surface area contributed by atoms with E-state index in [1.54, 1.807) is 24.3 Å². The van der Waals surface area contributed by atoms with Gasteiger partial charge in [0.05, 0.1) is 6.61 Å². The molecular formula is C19H30N6OS. The number of nitrogens with one attached hydrogen (secondary N) is 3. The average Bonchev–Trinajstić information content (AvgIpc) is 2.71. The Kier molecular flexibility index (Phi) is 11.3. The van der Waals surface area contributed by atoms with E-state index in [9.17, 15) is 0 Å². The molecule has 0 atom stereocenters. The Bertz CT molecular complexity index is 571. The van der Waals surface area contributed by atoms with Crippen molar-refractivity contribution < 1.29 is 4.84 Å². The van der Waals surface area contributed by atoms with Gasteiger partial charge in [0.25, 0.3) is 0 Å². The van der Waals surface area contributed by atoms with E-state index in [0.29, 0.717) is 12.5 Å². The van der Waals surface area contributed by atoms with Gasteiger partial charge in [0.1, 0.15) is 0 Å². The number of nitrogens with zero attached hydrogens (tertiary/aromatic N) is 3. The molecule has 1 fully saturated rings. The molecule has 3 N–H and O–H groups in total. The van der Waals surface area contributed by atoms with Gasteiger partial charge in [0.15, 0.2) is 6.19 Å². The van der Waals surface area contributed by atoms with E-state index in [0.717, 1.165) is 43.2 Å². The van der Waals surface area contributed by atoms with Crippen LogP contribution in [0.5, 0.6) is 0 Å². The van der Waals surface area contributed by atoms with Crippen molar-refractivity contribution in [3.8, 4) is 6.19 Å². The molecule has 0 aromatic carbocycles. The van der Waals surface area contributed by atoms with Gasteiger partial charge in [-0.3, -0.25) is 20.1 Å². The Morgan fingerprint density at radius 3 is 2.81 bits per heavy atom. The third kappa shape index (κ3) is 10.2. The van der Waals surface area contributed by atoms with Crippen LogP contribution in [-0.2, 0) is 4.84 Å². The SMILES string of the molecule is N#CNC(=NCCCCCSNOCC1CCCCC1)Nc1ccncc1. The lowest BCUT2D eigenvalue weighted by molar-refractivity contribution is 0.0577. The molecule has 8 heteroatoms. The molecule has 0 saturated heterocycles. The summed E-state index contributed by atoms with van der Waals surface area (Å²) in [4.78, 5) is 16.9. The Labute approximate surface area is 166 Å². The van der Waals surface area contributed by atoms with Gasteiger partial charge >= 0.3 is 0 Å². The summed E-state index contributed by atoms with van der Waals surface area (Å²) < 4.78 is 0. The van der Waals surface area contributed by atoms with Crippen molar-refractivity contribution in [3.63, 3.8) is 0 Å². The molecule has 1 heterocycles. The standard InChI is InChI=1S/C19H30N6OS/c20-16-23-19(24-18-9-12-21-13-10-18)22-11-5-2-6-14-27-25-26-15-17-7-3-1-4-8-17/h9-10,12-13,17,25H,1-8,11,14-15H2,(H2,21,22,23,24). The van der Waals surface area contributed by atoms with Gasteiger partial charge in [-0.05, 0) is 43.7 Å². The van der Waals surface area contributed by atoms with Crippen LogP contribution in [0.1, 0.15) is 51.4 Å². The molecule has 2 rings (SSSR count). The fraction of sp³-hybridized carbons (Fsp3) is 0.632. The van der Waals surface area contributed by atoms with E-state index in [2.05, 4.69) is 25.5 Å². The Hall–Kier alpha value is -1.82. The van der Waals surface area contributed by atoms with Crippen molar-refractivity contribution in [3.05, 3.63) is 24.5 Å². The highest BCUT2D eigenvalue weighted by molar-refractivity contribution is 7.97.